The van der Waals surface area contributed by atoms with Gasteiger partial charge in [-0.3, -0.25) is 25.0 Å². The molecule has 7 nitrogen and oxygen atoms in total. The van der Waals surface area contributed by atoms with Gasteiger partial charge in [0.1, 0.15) is 0 Å². The molecule has 96 valence electrons. The third-order valence-electron chi connectivity index (χ3n) is 2.47. The number of nitrogen functional groups attached to an aromatic ring is 1. The van der Waals surface area contributed by atoms with Gasteiger partial charge in [-0.05, 0) is 24.3 Å². The number of carbonyl (C=O) groups excluding carboxylic acids is 2. The Morgan fingerprint density at radius 1 is 0.947 bits per heavy atom. The number of pyridine rings is 2. The first-order chi connectivity index (χ1) is 9.11. The minimum Gasteiger partial charge on any atom is -0.366 e. The average molecular weight is 257 g/mol. The first-order valence-electron chi connectivity index (χ1n) is 5.35. The van der Waals surface area contributed by atoms with E-state index in [2.05, 4.69) is 9.97 Å². The fourth-order valence-electron chi connectivity index (χ4n) is 1.45. The van der Waals surface area contributed by atoms with Gasteiger partial charge in [0.05, 0.1) is 22.5 Å². The second-order valence-electron chi connectivity index (χ2n) is 3.70. The number of aromatic nitrogens is 2. The number of hydrazine groups is 1. The molecule has 2 amide bonds. The van der Waals surface area contributed by atoms with Crippen molar-refractivity contribution in [3.05, 3.63) is 47.8 Å². The van der Waals surface area contributed by atoms with Crippen LogP contribution in [0.15, 0.2) is 36.7 Å². The smallest absolute Gasteiger partial charge is 0.266 e. The van der Waals surface area contributed by atoms with Crippen LogP contribution < -0.4 is 17.0 Å². The number of nitrogens with two attached hydrogens (primary N) is 2. The number of carbonyl (C=O) groups is 2. The zero-order valence-electron chi connectivity index (χ0n) is 9.83. The molecule has 2 aromatic heterocycles. The van der Waals surface area contributed by atoms with Crippen molar-refractivity contribution >= 4 is 11.8 Å². The van der Waals surface area contributed by atoms with E-state index in [0.717, 1.165) is 0 Å². The van der Waals surface area contributed by atoms with Crippen LogP contribution in [0, 0.1) is 0 Å². The average Bonchev–Trinajstić information content (AvgIpc) is 2.46. The largest absolute Gasteiger partial charge is 0.366 e. The minimum absolute atomic E-state index is 0.322. The highest BCUT2D eigenvalue weighted by molar-refractivity contribution is 5.94. The second-order valence-corrected chi connectivity index (χ2v) is 3.70. The van der Waals surface area contributed by atoms with Crippen molar-refractivity contribution in [2.45, 2.75) is 0 Å². The summed E-state index contributed by atoms with van der Waals surface area (Å²) in [5.41, 5.74) is 8.95. The Morgan fingerprint density at radius 3 is 1.84 bits per heavy atom. The monoisotopic (exact) mass is 257 g/mol. The summed E-state index contributed by atoms with van der Waals surface area (Å²) in [6, 6.07) is 6.41. The van der Waals surface area contributed by atoms with E-state index in [4.69, 9.17) is 11.6 Å². The molecule has 0 bridgehead atoms. The molecule has 0 spiro atoms. The Balaban J connectivity index is 2.27. The van der Waals surface area contributed by atoms with Crippen molar-refractivity contribution in [2.24, 2.45) is 11.6 Å². The maximum absolute atomic E-state index is 11.2. The van der Waals surface area contributed by atoms with Crippen LogP contribution in [0.4, 0.5) is 0 Å². The molecule has 0 fully saturated rings. The van der Waals surface area contributed by atoms with Gasteiger partial charge in [-0.15, -0.1) is 0 Å². The molecule has 0 aliphatic rings. The van der Waals surface area contributed by atoms with Crippen LogP contribution in [0.3, 0.4) is 0 Å². The fraction of sp³-hybridized carbons (Fsp3) is 0. The fourth-order valence-corrected chi connectivity index (χ4v) is 1.45. The highest BCUT2D eigenvalue weighted by atomic mass is 16.2. The molecular weight excluding hydrogens is 246 g/mol. The Bertz CT molecular complexity index is 607. The molecule has 0 saturated heterocycles. The van der Waals surface area contributed by atoms with Crippen LogP contribution in [-0.2, 0) is 0 Å². The first-order valence-corrected chi connectivity index (χ1v) is 5.35. The van der Waals surface area contributed by atoms with Crippen molar-refractivity contribution in [2.75, 3.05) is 0 Å². The maximum Gasteiger partial charge on any atom is 0.266 e. The Kier molecular flexibility index (Phi) is 3.48. The number of hydrogen-bond acceptors (Lipinski definition) is 5. The molecule has 0 atom stereocenters. The molecule has 0 aliphatic carbocycles. The molecule has 0 aliphatic heterocycles. The van der Waals surface area contributed by atoms with Crippen LogP contribution in [0.2, 0.25) is 0 Å². The Morgan fingerprint density at radius 2 is 1.47 bits per heavy atom. The maximum atomic E-state index is 11.2. The summed E-state index contributed by atoms with van der Waals surface area (Å²) >= 11 is 0. The summed E-state index contributed by atoms with van der Waals surface area (Å²) in [5.74, 6) is 4.05. The number of amides is 2. The van der Waals surface area contributed by atoms with Crippen LogP contribution >= 0.6 is 0 Å². The van der Waals surface area contributed by atoms with Crippen molar-refractivity contribution < 1.29 is 9.59 Å². The molecule has 0 unspecified atom stereocenters. The Labute approximate surface area is 108 Å². The zero-order valence-corrected chi connectivity index (χ0v) is 9.83. The van der Waals surface area contributed by atoms with Crippen molar-refractivity contribution in [3.63, 3.8) is 0 Å². The van der Waals surface area contributed by atoms with Gasteiger partial charge in [-0.25, -0.2) is 5.84 Å². The number of rotatable bonds is 3. The summed E-state index contributed by atoms with van der Waals surface area (Å²) in [5, 5.41) is 0. The lowest BCUT2D eigenvalue weighted by molar-refractivity contribution is 0.0952. The van der Waals surface area contributed by atoms with Gasteiger partial charge in [-0.1, -0.05) is 0 Å². The molecule has 19 heavy (non-hydrogen) atoms. The van der Waals surface area contributed by atoms with Crippen molar-refractivity contribution in [1.29, 1.82) is 0 Å². The lowest BCUT2D eigenvalue weighted by Gasteiger charge is -2.02. The van der Waals surface area contributed by atoms with E-state index >= 15 is 0 Å². The van der Waals surface area contributed by atoms with Gasteiger partial charge in [0, 0.05) is 12.4 Å². The van der Waals surface area contributed by atoms with E-state index in [9.17, 15) is 9.59 Å². The normalized spacial score (nSPS) is 9.95. The van der Waals surface area contributed by atoms with Crippen LogP contribution in [-0.4, -0.2) is 21.8 Å². The second kappa shape index (κ2) is 5.23. The lowest BCUT2D eigenvalue weighted by atomic mass is 10.2. The number of hydrogen-bond donors (Lipinski definition) is 3. The van der Waals surface area contributed by atoms with Crippen molar-refractivity contribution in [1.82, 2.24) is 15.4 Å². The van der Waals surface area contributed by atoms with Crippen LogP contribution in [0.5, 0.6) is 0 Å². The number of primary amides is 1. The Hall–Kier alpha value is -2.80. The molecule has 0 aromatic carbocycles. The number of nitrogens with one attached hydrogen (secondary N) is 1. The van der Waals surface area contributed by atoms with E-state index in [0.29, 0.717) is 22.5 Å². The predicted octanol–water partition coefficient (Wildman–Crippen LogP) is -0.154. The van der Waals surface area contributed by atoms with Crippen molar-refractivity contribution in [3.8, 4) is 11.4 Å². The van der Waals surface area contributed by atoms with Crippen LogP contribution in [0.1, 0.15) is 20.7 Å². The third kappa shape index (κ3) is 2.72. The highest BCUT2D eigenvalue weighted by Crippen LogP contribution is 2.14. The highest BCUT2D eigenvalue weighted by Gasteiger charge is 2.07. The molecule has 0 radical (unpaired) electrons. The standard InChI is InChI=1S/C12H11N5O2/c13-11(18)7-1-3-9(15-5-7)10-4-2-8(6-16-10)12(19)17-14/h1-6H,14H2,(H2,13,18)(H,17,19). The van der Waals surface area contributed by atoms with Gasteiger partial charge in [0.25, 0.3) is 5.91 Å². The summed E-state index contributed by atoms with van der Waals surface area (Å²) in [6.45, 7) is 0. The molecule has 5 N–H and O–H groups in total. The van der Waals surface area contributed by atoms with E-state index in [1.807, 2.05) is 5.43 Å². The summed E-state index contributed by atoms with van der Waals surface area (Å²) in [6.07, 6.45) is 2.76. The first kappa shape index (κ1) is 12.7. The van der Waals surface area contributed by atoms with Gasteiger partial charge in [-0.2, -0.15) is 0 Å². The number of nitrogens with zero attached hydrogens (tertiary/aromatic N) is 2. The van der Waals surface area contributed by atoms with Gasteiger partial charge in [0.2, 0.25) is 5.91 Å². The minimum atomic E-state index is -0.540. The lowest BCUT2D eigenvalue weighted by Crippen LogP contribution is -2.30. The predicted molar refractivity (Wildman–Crippen MR) is 67.6 cm³/mol. The molecular formula is C12H11N5O2. The summed E-state index contributed by atoms with van der Waals surface area (Å²) in [7, 11) is 0. The third-order valence-corrected chi connectivity index (χ3v) is 2.47. The van der Waals surface area contributed by atoms with Gasteiger partial charge >= 0.3 is 0 Å². The quantitative estimate of drug-likeness (QED) is 0.400. The topological polar surface area (TPSA) is 124 Å². The molecule has 0 saturated carbocycles. The molecule has 2 rings (SSSR count). The SMILES string of the molecule is NNC(=O)c1ccc(-c2ccc(C(N)=O)cn2)nc1. The van der Waals surface area contributed by atoms with E-state index in [1.165, 1.54) is 12.4 Å². The zero-order chi connectivity index (χ0) is 13.8. The van der Waals surface area contributed by atoms with E-state index in [1.54, 1.807) is 24.3 Å². The van der Waals surface area contributed by atoms with Gasteiger partial charge in [0.15, 0.2) is 0 Å². The van der Waals surface area contributed by atoms with Crippen LogP contribution in [0.25, 0.3) is 11.4 Å². The summed E-state index contributed by atoms with van der Waals surface area (Å²) in [4.78, 5) is 30.3. The summed E-state index contributed by atoms with van der Waals surface area (Å²) < 4.78 is 0. The van der Waals surface area contributed by atoms with Gasteiger partial charge < -0.3 is 5.73 Å². The van der Waals surface area contributed by atoms with E-state index < -0.39 is 11.8 Å². The molecule has 2 heterocycles. The van der Waals surface area contributed by atoms with E-state index in [-0.39, 0.29) is 0 Å². The molecule has 2 aromatic rings. The molecule has 7 heteroatoms.